The number of aromatic nitrogens is 2. The highest BCUT2D eigenvalue weighted by Gasteiger charge is 2.25. The molecule has 1 aliphatic heterocycles. The van der Waals surface area contributed by atoms with Crippen LogP contribution in [0, 0.1) is 12.7 Å². The summed E-state index contributed by atoms with van der Waals surface area (Å²) in [4.78, 5) is 14.8. The molecule has 7 heteroatoms. The molecule has 2 heterocycles. The summed E-state index contributed by atoms with van der Waals surface area (Å²) < 4.78 is 21.9. The van der Waals surface area contributed by atoms with Crippen LogP contribution in [0.2, 0.25) is 0 Å². The number of carbonyl (C=O) groups excluding carboxylic acids is 1. The van der Waals surface area contributed by atoms with Crippen LogP contribution in [0.5, 0.6) is 0 Å². The second-order valence-electron chi connectivity index (χ2n) is 8.45. The van der Waals surface area contributed by atoms with Gasteiger partial charge in [0.25, 0.3) is 0 Å². The van der Waals surface area contributed by atoms with Gasteiger partial charge in [-0.2, -0.15) is 5.10 Å². The molecule has 0 atom stereocenters. The molecule has 6 nitrogen and oxygen atoms in total. The van der Waals surface area contributed by atoms with Gasteiger partial charge in [-0.1, -0.05) is 31.4 Å². The van der Waals surface area contributed by atoms with Gasteiger partial charge >= 0.3 is 0 Å². The van der Waals surface area contributed by atoms with Crippen LogP contribution in [-0.2, 0) is 9.53 Å². The van der Waals surface area contributed by atoms with Crippen LogP contribution in [-0.4, -0.2) is 52.4 Å². The predicted molar refractivity (Wildman–Crippen MR) is 114 cm³/mol. The lowest BCUT2D eigenvalue weighted by atomic mass is 9.97. The SMILES string of the molecule is Cc1cc(NC(=O)CN2CCC(OC3CCCCC3)CC2)n(-c2ccccc2F)n1. The number of nitrogens with zero attached hydrogens (tertiary/aromatic N) is 3. The Morgan fingerprint density at radius 2 is 1.83 bits per heavy atom. The third-order valence-electron chi connectivity index (χ3n) is 6.02. The molecule has 1 N–H and O–H groups in total. The Kier molecular flexibility index (Phi) is 6.79. The summed E-state index contributed by atoms with van der Waals surface area (Å²) in [6.45, 7) is 3.86. The number of piperidine rings is 1. The van der Waals surface area contributed by atoms with Gasteiger partial charge in [0.2, 0.25) is 5.91 Å². The Balaban J connectivity index is 1.29. The Morgan fingerprint density at radius 1 is 1.13 bits per heavy atom. The number of carbonyl (C=O) groups is 1. The monoisotopic (exact) mass is 414 g/mol. The molecular weight excluding hydrogens is 383 g/mol. The second-order valence-corrected chi connectivity index (χ2v) is 8.45. The van der Waals surface area contributed by atoms with Gasteiger partial charge in [-0.15, -0.1) is 0 Å². The van der Waals surface area contributed by atoms with Crippen LogP contribution in [0.3, 0.4) is 0 Å². The van der Waals surface area contributed by atoms with E-state index in [1.165, 1.54) is 42.9 Å². The first kappa shape index (κ1) is 21.0. The number of amides is 1. The molecule has 1 aromatic carbocycles. The van der Waals surface area contributed by atoms with E-state index in [9.17, 15) is 9.18 Å². The van der Waals surface area contributed by atoms with Crippen LogP contribution in [0.4, 0.5) is 10.2 Å². The smallest absolute Gasteiger partial charge is 0.239 e. The molecule has 0 radical (unpaired) electrons. The fourth-order valence-electron chi connectivity index (χ4n) is 4.46. The minimum Gasteiger partial charge on any atom is -0.375 e. The van der Waals surface area contributed by atoms with Crippen molar-refractivity contribution in [3.05, 3.63) is 41.8 Å². The largest absolute Gasteiger partial charge is 0.375 e. The molecule has 1 saturated heterocycles. The topological polar surface area (TPSA) is 59.4 Å². The van der Waals surface area contributed by atoms with Crippen LogP contribution in [0.25, 0.3) is 5.69 Å². The zero-order chi connectivity index (χ0) is 20.9. The number of rotatable bonds is 6. The van der Waals surface area contributed by atoms with Gasteiger partial charge in [-0.25, -0.2) is 9.07 Å². The lowest BCUT2D eigenvalue weighted by Gasteiger charge is -2.34. The van der Waals surface area contributed by atoms with E-state index in [1.54, 1.807) is 24.3 Å². The van der Waals surface area contributed by atoms with Crippen LogP contribution in [0.15, 0.2) is 30.3 Å². The first-order valence-electron chi connectivity index (χ1n) is 11.1. The Hall–Kier alpha value is -2.25. The van der Waals surface area contributed by atoms with Gasteiger partial charge in [0.1, 0.15) is 17.3 Å². The Labute approximate surface area is 177 Å². The molecule has 2 fully saturated rings. The van der Waals surface area contributed by atoms with Crippen molar-refractivity contribution in [3.8, 4) is 5.69 Å². The van der Waals surface area contributed by atoms with Crippen molar-refractivity contribution in [1.29, 1.82) is 0 Å². The van der Waals surface area contributed by atoms with E-state index in [0.29, 0.717) is 36.0 Å². The van der Waals surface area contributed by atoms with Crippen molar-refractivity contribution in [1.82, 2.24) is 14.7 Å². The maximum Gasteiger partial charge on any atom is 0.239 e. The minimum absolute atomic E-state index is 0.112. The van der Waals surface area contributed by atoms with Crippen LogP contribution >= 0.6 is 0 Å². The minimum atomic E-state index is -0.379. The molecule has 1 saturated carbocycles. The highest BCUT2D eigenvalue weighted by atomic mass is 19.1. The number of hydrogen-bond acceptors (Lipinski definition) is 4. The highest BCUT2D eigenvalue weighted by Crippen LogP contribution is 2.25. The molecule has 1 aliphatic carbocycles. The number of aryl methyl sites for hydroxylation is 1. The number of benzene rings is 1. The number of nitrogens with one attached hydrogen (secondary N) is 1. The number of hydrogen-bond donors (Lipinski definition) is 1. The van der Waals surface area contributed by atoms with E-state index in [0.717, 1.165) is 25.9 Å². The molecule has 0 spiro atoms. The van der Waals surface area contributed by atoms with Gasteiger partial charge in [0.15, 0.2) is 0 Å². The first-order valence-corrected chi connectivity index (χ1v) is 11.1. The molecule has 0 unspecified atom stereocenters. The van der Waals surface area contributed by atoms with E-state index in [-0.39, 0.29) is 11.7 Å². The normalized spacial score (nSPS) is 19.1. The molecule has 1 amide bonds. The zero-order valence-electron chi connectivity index (χ0n) is 17.6. The van der Waals surface area contributed by atoms with E-state index in [4.69, 9.17) is 4.74 Å². The number of halogens is 1. The molecule has 2 aromatic rings. The molecular formula is C23H31FN4O2. The van der Waals surface area contributed by atoms with Gasteiger partial charge in [-0.3, -0.25) is 9.69 Å². The third kappa shape index (κ3) is 5.26. The van der Waals surface area contributed by atoms with E-state index in [1.807, 2.05) is 6.92 Å². The van der Waals surface area contributed by atoms with Crippen molar-refractivity contribution in [3.63, 3.8) is 0 Å². The highest BCUT2D eigenvalue weighted by molar-refractivity contribution is 5.91. The average molecular weight is 415 g/mol. The lowest BCUT2D eigenvalue weighted by Crippen LogP contribution is -2.42. The summed E-state index contributed by atoms with van der Waals surface area (Å²) in [5.41, 5.74) is 1.04. The summed E-state index contributed by atoms with van der Waals surface area (Å²) in [6.07, 6.45) is 8.97. The number of anilines is 1. The summed E-state index contributed by atoms with van der Waals surface area (Å²) in [6, 6.07) is 8.18. The van der Waals surface area contributed by atoms with Crippen LogP contribution < -0.4 is 5.32 Å². The van der Waals surface area contributed by atoms with Crippen molar-refractivity contribution in [2.45, 2.75) is 64.1 Å². The Morgan fingerprint density at radius 3 is 2.57 bits per heavy atom. The zero-order valence-corrected chi connectivity index (χ0v) is 17.6. The number of likely N-dealkylation sites (tertiary alicyclic amines) is 1. The molecule has 4 rings (SSSR count). The first-order chi connectivity index (χ1) is 14.6. The number of ether oxygens (including phenoxy) is 1. The van der Waals surface area contributed by atoms with E-state index >= 15 is 0 Å². The standard InChI is InChI=1S/C23H31FN4O2/c1-17-15-22(28(26-17)21-10-6-5-9-20(21)24)25-23(29)16-27-13-11-19(12-14-27)30-18-7-3-2-4-8-18/h5-6,9-10,15,18-19H,2-4,7-8,11-14,16H2,1H3,(H,25,29). The molecule has 30 heavy (non-hydrogen) atoms. The summed E-state index contributed by atoms with van der Waals surface area (Å²) >= 11 is 0. The Bertz CT molecular complexity index is 855. The predicted octanol–water partition coefficient (Wildman–Crippen LogP) is 4.07. The van der Waals surface area contributed by atoms with E-state index < -0.39 is 0 Å². The molecule has 1 aromatic heterocycles. The van der Waals surface area contributed by atoms with E-state index in [2.05, 4.69) is 15.3 Å². The second kappa shape index (κ2) is 9.71. The quantitative estimate of drug-likeness (QED) is 0.774. The van der Waals surface area contributed by atoms with Gasteiger partial charge in [0, 0.05) is 19.2 Å². The molecule has 2 aliphatic rings. The fraction of sp³-hybridized carbons (Fsp3) is 0.565. The number of para-hydroxylation sites is 1. The molecule has 162 valence electrons. The van der Waals surface area contributed by atoms with Crippen molar-refractivity contribution in [2.75, 3.05) is 25.0 Å². The van der Waals surface area contributed by atoms with Crippen molar-refractivity contribution >= 4 is 11.7 Å². The summed E-state index contributed by atoms with van der Waals surface area (Å²) in [5, 5.41) is 7.24. The summed E-state index contributed by atoms with van der Waals surface area (Å²) in [5.74, 6) is -0.00612. The third-order valence-corrected chi connectivity index (χ3v) is 6.02. The van der Waals surface area contributed by atoms with Gasteiger partial charge < -0.3 is 10.1 Å². The van der Waals surface area contributed by atoms with Crippen molar-refractivity contribution < 1.29 is 13.9 Å². The van der Waals surface area contributed by atoms with Gasteiger partial charge in [0.05, 0.1) is 24.4 Å². The summed E-state index contributed by atoms with van der Waals surface area (Å²) in [7, 11) is 0. The average Bonchev–Trinajstić information content (AvgIpc) is 3.10. The molecule has 0 bridgehead atoms. The van der Waals surface area contributed by atoms with Crippen LogP contribution in [0.1, 0.15) is 50.6 Å². The lowest BCUT2D eigenvalue weighted by molar-refractivity contribution is -0.118. The maximum atomic E-state index is 14.2. The van der Waals surface area contributed by atoms with Gasteiger partial charge in [-0.05, 0) is 44.7 Å². The fourth-order valence-corrected chi connectivity index (χ4v) is 4.46. The van der Waals surface area contributed by atoms with Crippen molar-refractivity contribution in [2.24, 2.45) is 0 Å². The maximum absolute atomic E-state index is 14.2.